The fourth-order valence-electron chi connectivity index (χ4n) is 3.67. The van der Waals surface area contributed by atoms with Crippen LogP contribution in [0.3, 0.4) is 0 Å². The number of ether oxygens (including phenoxy) is 1. The first-order valence-electron chi connectivity index (χ1n) is 10.3. The molecule has 4 aromatic rings. The Balaban J connectivity index is 1.63. The van der Waals surface area contributed by atoms with Crippen LogP contribution in [0, 0.1) is 22.7 Å². The first-order chi connectivity index (χ1) is 16.0. The summed E-state index contributed by atoms with van der Waals surface area (Å²) in [6.07, 6.45) is 3.14. The number of H-pyrrole nitrogens is 1. The van der Waals surface area contributed by atoms with E-state index in [2.05, 4.69) is 21.3 Å². The Bertz CT molecular complexity index is 1430. The predicted molar refractivity (Wildman–Crippen MR) is 122 cm³/mol. The van der Waals surface area contributed by atoms with Crippen molar-refractivity contribution in [2.45, 2.75) is 13.5 Å². The molecule has 33 heavy (non-hydrogen) atoms. The van der Waals surface area contributed by atoms with Gasteiger partial charge in [0.15, 0.2) is 5.69 Å². The molecule has 1 N–H and O–H groups in total. The molecule has 8 heteroatoms. The lowest BCUT2D eigenvalue weighted by Gasteiger charge is -2.19. The highest BCUT2D eigenvalue weighted by Crippen LogP contribution is 2.32. The first kappa shape index (κ1) is 21.5. The van der Waals surface area contributed by atoms with Crippen LogP contribution in [0.15, 0.2) is 54.9 Å². The van der Waals surface area contributed by atoms with Crippen LogP contribution in [-0.2, 0) is 6.54 Å². The third kappa shape index (κ3) is 4.23. The van der Waals surface area contributed by atoms with Gasteiger partial charge in [-0.2, -0.15) is 15.6 Å². The fourth-order valence-corrected chi connectivity index (χ4v) is 3.67. The molecule has 0 bridgehead atoms. The number of aromatic amines is 1. The van der Waals surface area contributed by atoms with Crippen LogP contribution in [0.1, 0.15) is 34.1 Å². The molecule has 0 fully saturated rings. The van der Waals surface area contributed by atoms with E-state index >= 15 is 0 Å². The van der Waals surface area contributed by atoms with Crippen molar-refractivity contribution in [2.24, 2.45) is 0 Å². The summed E-state index contributed by atoms with van der Waals surface area (Å²) in [4.78, 5) is 18.9. The van der Waals surface area contributed by atoms with Crippen LogP contribution in [-0.4, -0.2) is 39.6 Å². The van der Waals surface area contributed by atoms with Gasteiger partial charge in [0.05, 0.1) is 35.3 Å². The van der Waals surface area contributed by atoms with E-state index in [1.54, 1.807) is 48.6 Å². The maximum Gasteiger partial charge on any atom is 0.254 e. The van der Waals surface area contributed by atoms with Gasteiger partial charge in [-0.15, -0.1) is 0 Å². The van der Waals surface area contributed by atoms with E-state index in [0.29, 0.717) is 34.4 Å². The highest BCUT2D eigenvalue weighted by molar-refractivity contribution is 5.96. The van der Waals surface area contributed by atoms with Crippen molar-refractivity contribution in [1.29, 1.82) is 10.5 Å². The molecule has 0 atom stereocenters. The van der Waals surface area contributed by atoms with Crippen molar-refractivity contribution in [3.05, 3.63) is 77.2 Å². The highest BCUT2D eigenvalue weighted by Gasteiger charge is 2.18. The Morgan fingerprint density at radius 1 is 1.15 bits per heavy atom. The summed E-state index contributed by atoms with van der Waals surface area (Å²) in [5, 5.41) is 25.9. The molecule has 0 unspecified atom stereocenters. The number of hydrogen-bond acceptors (Lipinski definition) is 6. The number of carbonyl (C=O) groups is 1. The molecule has 0 saturated carbocycles. The first-order valence-corrected chi connectivity index (χ1v) is 10.3. The predicted octanol–water partition coefficient (Wildman–Crippen LogP) is 4.04. The standard InChI is InChI=1S/C25H20N6O2/c1-3-33-23-10-18(7-8-20(23)17-6-4-5-16(9-17)11-26)25(32)31(2)15-19-13-28-22(12-27)21-14-29-30-24(19)21/h4-10,13-14H,3,15H2,1-2H3,(H,29,30). The number of rotatable bonds is 6. The molecule has 8 nitrogen and oxygen atoms in total. The van der Waals surface area contributed by atoms with Gasteiger partial charge in [-0.25, -0.2) is 4.98 Å². The van der Waals surface area contributed by atoms with Gasteiger partial charge < -0.3 is 9.64 Å². The van der Waals surface area contributed by atoms with Crippen LogP contribution < -0.4 is 4.74 Å². The van der Waals surface area contributed by atoms with E-state index in [1.807, 2.05) is 31.2 Å². The number of carbonyl (C=O) groups excluding carboxylic acids is 1. The molecule has 2 aromatic carbocycles. The van der Waals surface area contributed by atoms with Gasteiger partial charge in [-0.3, -0.25) is 9.89 Å². The number of benzene rings is 2. The van der Waals surface area contributed by atoms with Crippen LogP contribution in [0.4, 0.5) is 0 Å². The zero-order chi connectivity index (χ0) is 23.4. The topological polar surface area (TPSA) is 119 Å². The van der Waals surface area contributed by atoms with E-state index in [4.69, 9.17) is 4.74 Å². The summed E-state index contributed by atoms with van der Waals surface area (Å²) in [5.74, 6) is 0.383. The van der Waals surface area contributed by atoms with Gasteiger partial charge in [0.25, 0.3) is 5.91 Å². The minimum atomic E-state index is -0.190. The molecule has 162 valence electrons. The Kier molecular flexibility index (Phi) is 6.01. The van der Waals surface area contributed by atoms with Crippen LogP contribution in [0.5, 0.6) is 5.75 Å². The maximum absolute atomic E-state index is 13.2. The molecule has 4 rings (SSSR count). The number of hydrogen-bond donors (Lipinski definition) is 1. The van der Waals surface area contributed by atoms with Crippen molar-refractivity contribution >= 4 is 16.8 Å². The molecule has 2 heterocycles. The van der Waals surface area contributed by atoms with E-state index < -0.39 is 0 Å². The van der Waals surface area contributed by atoms with E-state index in [-0.39, 0.29) is 18.1 Å². The van der Waals surface area contributed by atoms with E-state index in [1.165, 1.54) is 0 Å². The zero-order valence-electron chi connectivity index (χ0n) is 18.2. The minimum absolute atomic E-state index is 0.190. The molecule has 2 aromatic heterocycles. The second-order valence-electron chi connectivity index (χ2n) is 7.40. The Morgan fingerprint density at radius 2 is 2.00 bits per heavy atom. The second-order valence-corrected chi connectivity index (χ2v) is 7.40. The number of nitriles is 2. The zero-order valence-corrected chi connectivity index (χ0v) is 18.2. The van der Waals surface area contributed by atoms with Crippen molar-refractivity contribution in [1.82, 2.24) is 20.1 Å². The SMILES string of the molecule is CCOc1cc(C(=O)N(C)Cc2cnc(C#N)c3cn[nH]c23)ccc1-c1cccc(C#N)c1. The molecule has 1 amide bonds. The lowest BCUT2D eigenvalue weighted by atomic mass is 10.0. The molecule has 0 saturated heterocycles. The Labute approximate surface area is 190 Å². The van der Waals surface area contributed by atoms with Crippen LogP contribution >= 0.6 is 0 Å². The summed E-state index contributed by atoms with van der Waals surface area (Å²) in [6, 6.07) is 16.7. The van der Waals surface area contributed by atoms with Gasteiger partial charge in [-0.05, 0) is 42.8 Å². The number of nitrogens with zero attached hydrogens (tertiary/aromatic N) is 5. The molecule has 0 radical (unpaired) electrons. The van der Waals surface area contributed by atoms with Gasteiger partial charge in [0, 0.05) is 36.5 Å². The van der Waals surface area contributed by atoms with Gasteiger partial charge >= 0.3 is 0 Å². The summed E-state index contributed by atoms with van der Waals surface area (Å²) < 4.78 is 5.82. The lowest BCUT2D eigenvalue weighted by Crippen LogP contribution is -2.26. The maximum atomic E-state index is 13.2. The van der Waals surface area contributed by atoms with E-state index in [0.717, 1.165) is 16.7 Å². The van der Waals surface area contributed by atoms with Crippen molar-refractivity contribution in [3.8, 4) is 29.0 Å². The van der Waals surface area contributed by atoms with Crippen LogP contribution in [0.2, 0.25) is 0 Å². The summed E-state index contributed by atoms with van der Waals surface area (Å²) in [7, 11) is 1.70. The van der Waals surface area contributed by atoms with Crippen molar-refractivity contribution in [2.75, 3.05) is 13.7 Å². The third-order valence-electron chi connectivity index (χ3n) is 5.26. The molecule has 0 aliphatic carbocycles. The van der Waals surface area contributed by atoms with Gasteiger partial charge in [-0.1, -0.05) is 12.1 Å². The van der Waals surface area contributed by atoms with Gasteiger partial charge in [0.1, 0.15) is 11.8 Å². The van der Waals surface area contributed by atoms with Crippen molar-refractivity contribution in [3.63, 3.8) is 0 Å². The smallest absolute Gasteiger partial charge is 0.254 e. The summed E-state index contributed by atoms with van der Waals surface area (Å²) in [5.41, 5.74) is 4.41. The number of aromatic nitrogens is 3. The highest BCUT2D eigenvalue weighted by atomic mass is 16.5. The van der Waals surface area contributed by atoms with Gasteiger partial charge in [0.2, 0.25) is 0 Å². The quantitative estimate of drug-likeness (QED) is 0.487. The lowest BCUT2D eigenvalue weighted by molar-refractivity contribution is 0.0785. The monoisotopic (exact) mass is 436 g/mol. The van der Waals surface area contributed by atoms with Crippen molar-refractivity contribution < 1.29 is 9.53 Å². The number of fused-ring (bicyclic) bond motifs is 1. The number of pyridine rings is 1. The Hall–Kier alpha value is -4.69. The minimum Gasteiger partial charge on any atom is -0.493 e. The molecule has 0 aliphatic heterocycles. The number of nitrogens with one attached hydrogen (secondary N) is 1. The largest absolute Gasteiger partial charge is 0.493 e. The summed E-state index contributed by atoms with van der Waals surface area (Å²) in [6.45, 7) is 2.60. The Morgan fingerprint density at radius 3 is 2.76 bits per heavy atom. The normalized spacial score (nSPS) is 10.4. The molecule has 0 spiro atoms. The molecular weight excluding hydrogens is 416 g/mol. The van der Waals surface area contributed by atoms with Crippen LogP contribution in [0.25, 0.3) is 22.0 Å². The number of amides is 1. The average Bonchev–Trinajstić information content (AvgIpc) is 3.34. The fraction of sp³-hybridized carbons (Fsp3) is 0.160. The molecular formula is C25H20N6O2. The summed E-state index contributed by atoms with van der Waals surface area (Å²) >= 11 is 0. The molecule has 0 aliphatic rings. The average molecular weight is 436 g/mol. The van der Waals surface area contributed by atoms with E-state index in [9.17, 15) is 15.3 Å². The second kappa shape index (κ2) is 9.21. The third-order valence-corrected chi connectivity index (χ3v) is 5.26.